The topological polar surface area (TPSA) is 48.1 Å². The van der Waals surface area contributed by atoms with Gasteiger partial charge in [-0.3, -0.25) is 4.79 Å². The van der Waals surface area contributed by atoms with Gasteiger partial charge in [-0.25, -0.2) is 0 Å². The van der Waals surface area contributed by atoms with Crippen LogP contribution in [-0.2, 0) is 13.1 Å². The zero-order valence-corrected chi connectivity index (χ0v) is 17.4. The predicted octanol–water partition coefficient (Wildman–Crippen LogP) is 4.57. The smallest absolute Gasteiger partial charge is 0.253 e. The number of benzene rings is 1. The van der Waals surface area contributed by atoms with E-state index < -0.39 is 0 Å². The van der Waals surface area contributed by atoms with Gasteiger partial charge in [-0.15, -0.1) is 11.3 Å². The molecule has 0 aliphatic heterocycles. The fourth-order valence-corrected chi connectivity index (χ4v) is 3.98. The number of hydrogen-bond acceptors (Lipinski definition) is 3. The van der Waals surface area contributed by atoms with E-state index in [-0.39, 0.29) is 5.56 Å². The summed E-state index contributed by atoms with van der Waals surface area (Å²) in [7, 11) is 0. The lowest BCUT2D eigenvalue weighted by Gasteiger charge is -2.25. The van der Waals surface area contributed by atoms with Gasteiger partial charge in [0.1, 0.15) is 0 Å². The zero-order valence-electron chi connectivity index (χ0n) is 15.7. The normalized spacial score (nSPS) is 10.9. The summed E-state index contributed by atoms with van der Waals surface area (Å²) in [6, 6.07) is 12.2. The summed E-state index contributed by atoms with van der Waals surface area (Å²) in [5, 5.41) is 7.14. The second-order valence-corrected chi connectivity index (χ2v) is 8.10. The van der Waals surface area contributed by atoms with Crippen molar-refractivity contribution in [2.75, 3.05) is 6.54 Å². The van der Waals surface area contributed by atoms with Crippen molar-refractivity contribution in [3.05, 3.63) is 68.1 Å². The Morgan fingerprint density at radius 1 is 1.26 bits per heavy atom. The first-order valence-corrected chi connectivity index (χ1v) is 10.5. The van der Waals surface area contributed by atoms with Crippen molar-refractivity contribution in [1.82, 2.24) is 15.2 Å². The average Bonchev–Trinajstić information content (AvgIpc) is 3.16. The minimum Gasteiger partial charge on any atom is -0.363 e. The number of aryl methyl sites for hydroxylation is 1. The fraction of sp³-hybridized carbons (Fsp3) is 0.333. The van der Waals surface area contributed by atoms with Gasteiger partial charge in [-0.05, 0) is 54.0 Å². The molecule has 0 saturated carbocycles. The Bertz CT molecular complexity index is 963. The maximum Gasteiger partial charge on any atom is 0.253 e. The van der Waals surface area contributed by atoms with Crippen LogP contribution in [0.1, 0.15) is 35.8 Å². The molecule has 3 aromatic rings. The van der Waals surface area contributed by atoms with Gasteiger partial charge in [-0.2, -0.15) is 0 Å². The summed E-state index contributed by atoms with van der Waals surface area (Å²) >= 11 is 7.33. The van der Waals surface area contributed by atoms with Crippen LogP contribution in [0, 0.1) is 6.92 Å². The summed E-state index contributed by atoms with van der Waals surface area (Å²) in [5.41, 5.74) is 2.65. The molecule has 0 amide bonds. The van der Waals surface area contributed by atoms with Crippen LogP contribution in [0.5, 0.6) is 0 Å². The van der Waals surface area contributed by atoms with Gasteiger partial charge in [0.25, 0.3) is 5.56 Å². The third-order valence-corrected chi connectivity index (χ3v) is 5.81. The molecule has 0 atom stereocenters. The zero-order chi connectivity index (χ0) is 19.2. The van der Waals surface area contributed by atoms with E-state index in [1.54, 1.807) is 11.3 Å². The Morgan fingerprint density at radius 3 is 2.85 bits per heavy atom. The third-order valence-electron chi connectivity index (χ3n) is 4.55. The number of H-pyrrole nitrogens is 1. The van der Waals surface area contributed by atoms with E-state index in [1.807, 2.05) is 37.3 Å². The van der Waals surface area contributed by atoms with Crippen molar-refractivity contribution in [3.63, 3.8) is 0 Å². The Kier molecular flexibility index (Phi) is 6.63. The first-order valence-electron chi connectivity index (χ1n) is 9.25. The first-order chi connectivity index (χ1) is 13.1. The lowest BCUT2D eigenvalue weighted by Crippen LogP contribution is -2.40. The fourth-order valence-electron chi connectivity index (χ4n) is 3.03. The van der Waals surface area contributed by atoms with Crippen LogP contribution < -0.4 is 10.9 Å². The molecule has 2 N–H and O–H groups in total. The van der Waals surface area contributed by atoms with Crippen LogP contribution in [0.2, 0.25) is 0 Å². The summed E-state index contributed by atoms with van der Waals surface area (Å²) in [6.45, 7) is 6.19. The van der Waals surface area contributed by atoms with Crippen LogP contribution in [-0.4, -0.2) is 21.5 Å². The van der Waals surface area contributed by atoms with Crippen molar-refractivity contribution in [3.8, 4) is 0 Å². The van der Waals surface area contributed by atoms with Crippen LogP contribution in [0.15, 0.2) is 46.6 Å². The molecule has 0 unspecified atom stereocenters. The van der Waals surface area contributed by atoms with Crippen LogP contribution >= 0.6 is 23.6 Å². The molecule has 6 heteroatoms. The quantitative estimate of drug-likeness (QED) is 0.451. The Balaban J connectivity index is 1.86. The number of fused-ring (bicyclic) bond motifs is 1. The van der Waals surface area contributed by atoms with Gasteiger partial charge in [-0.1, -0.05) is 37.6 Å². The summed E-state index contributed by atoms with van der Waals surface area (Å²) < 4.78 is 0. The van der Waals surface area contributed by atoms with Crippen molar-refractivity contribution >= 4 is 39.6 Å². The summed E-state index contributed by atoms with van der Waals surface area (Å²) in [4.78, 5) is 19.0. The highest BCUT2D eigenvalue weighted by Gasteiger charge is 2.14. The van der Waals surface area contributed by atoms with Crippen molar-refractivity contribution in [2.45, 2.75) is 39.8 Å². The van der Waals surface area contributed by atoms with Crippen molar-refractivity contribution < 1.29 is 0 Å². The molecule has 0 aliphatic rings. The molecule has 4 nitrogen and oxygen atoms in total. The van der Waals surface area contributed by atoms with Gasteiger partial charge < -0.3 is 15.2 Å². The largest absolute Gasteiger partial charge is 0.363 e. The lowest BCUT2D eigenvalue weighted by atomic mass is 10.1. The van der Waals surface area contributed by atoms with E-state index in [0.717, 1.165) is 41.4 Å². The van der Waals surface area contributed by atoms with Crippen LogP contribution in [0.3, 0.4) is 0 Å². The molecule has 2 aromatic heterocycles. The number of rotatable bonds is 7. The molecular formula is C21H25N3OS2. The van der Waals surface area contributed by atoms with Gasteiger partial charge in [0.05, 0.1) is 18.6 Å². The molecule has 0 radical (unpaired) electrons. The molecule has 0 aliphatic carbocycles. The monoisotopic (exact) mass is 399 g/mol. The Labute approximate surface area is 169 Å². The number of unbranched alkanes of at least 4 members (excludes halogenated alkanes) is 1. The minimum atomic E-state index is -0.0515. The number of pyridine rings is 1. The highest BCUT2D eigenvalue weighted by atomic mass is 32.1. The number of hydrogen-bond donors (Lipinski definition) is 2. The first kappa shape index (κ1) is 19.6. The molecular weight excluding hydrogens is 374 g/mol. The number of aromatic nitrogens is 1. The second-order valence-electron chi connectivity index (χ2n) is 6.68. The van der Waals surface area contributed by atoms with Gasteiger partial charge in [0.2, 0.25) is 0 Å². The lowest BCUT2D eigenvalue weighted by molar-refractivity contribution is 0.400. The van der Waals surface area contributed by atoms with E-state index in [2.05, 4.69) is 33.6 Å². The number of aromatic amines is 1. The van der Waals surface area contributed by atoms with Crippen molar-refractivity contribution in [2.24, 2.45) is 0 Å². The molecule has 27 heavy (non-hydrogen) atoms. The standard InChI is InChI=1S/C21H25N3OS2/c1-3-4-10-22-21(26)24(14-18-9-6-11-27-18)13-17-12-16-8-5-7-15(2)19(16)23-20(17)25/h5-9,11-12H,3-4,10,13-14H2,1-2H3,(H,22,26)(H,23,25). The van der Waals surface area contributed by atoms with Crippen LogP contribution in [0.4, 0.5) is 0 Å². The molecule has 0 fully saturated rings. The average molecular weight is 400 g/mol. The van der Waals surface area contributed by atoms with Crippen molar-refractivity contribution in [1.29, 1.82) is 0 Å². The predicted molar refractivity (Wildman–Crippen MR) is 118 cm³/mol. The molecule has 0 bridgehead atoms. The molecule has 3 rings (SSSR count). The maximum absolute atomic E-state index is 12.7. The van der Waals surface area contributed by atoms with E-state index in [4.69, 9.17) is 12.2 Å². The van der Waals surface area contributed by atoms with E-state index in [9.17, 15) is 4.79 Å². The molecule has 2 heterocycles. The molecule has 142 valence electrons. The number of para-hydroxylation sites is 1. The second kappa shape index (κ2) is 9.15. The Morgan fingerprint density at radius 2 is 2.11 bits per heavy atom. The van der Waals surface area contributed by atoms with Gasteiger partial charge >= 0.3 is 0 Å². The molecule has 0 spiro atoms. The van der Waals surface area contributed by atoms with Gasteiger partial charge in [0, 0.05) is 17.0 Å². The molecule has 1 aromatic carbocycles. The van der Waals surface area contributed by atoms with E-state index in [0.29, 0.717) is 18.2 Å². The highest BCUT2D eigenvalue weighted by molar-refractivity contribution is 7.80. The van der Waals surface area contributed by atoms with E-state index in [1.165, 1.54) is 4.88 Å². The van der Waals surface area contributed by atoms with E-state index >= 15 is 0 Å². The summed E-state index contributed by atoms with van der Waals surface area (Å²) in [6.07, 6.45) is 2.19. The Hall–Kier alpha value is -2.18. The minimum absolute atomic E-state index is 0.0515. The third kappa shape index (κ3) is 4.96. The maximum atomic E-state index is 12.7. The number of thiocarbonyl (C=S) groups is 1. The SMILES string of the molecule is CCCCNC(=S)N(Cc1cccs1)Cc1cc2cccc(C)c2[nH]c1=O. The van der Waals surface area contributed by atoms with Crippen LogP contribution in [0.25, 0.3) is 10.9 Å². The van der Waals surface area contributed by atoms with Gasteiger partial charge in [0.15, 0.2) is 5.11 Å². The summed E-state index contributed by atoms with van der Waals surface area (Å²) in [5.74, 6) is 0. The highest BCUT2D eigenvalue weighted by Crippen LogP contribution is 2.18. The number of thiophene rings is 1. The number of nitrogens with one attached hydrogen (secondary N) is 2. The number of nitrogens with zero attached hydrogens (tertiary/aromatic N) is 1. The molecule has 0 saturated heterocycles.